The number of ether oxygens (including phenoxy) is 4. The third kappa shape index (κ3) is 72.2. The maximum Gasteiger partial charge on any atom is 0.472 e. The molecule has 0 fully saturated rings. The molecule has 0 radical (unpaired) electrons. The number of carbonyl (C=O) groups is 4. The van der Waals surface area contributed by atoms with Gasteiger partial charge in [-0.25, -0.2) is 9.13 Å². The summed E-state index contributed by atoms with van der Waals surface area (Å²) in [5, 5.41) is 10.6. The van der Waals surface area contributed by atoms with Crippen LogP contribution in [-0.4, -0.2) is 96.7 Å². The van der Waals surface area contributed by atoms with E-state index in [-0.39, 0.29) is 25.7 Å². The quantitative estimate of drug-likeness (QED) is 0.0222. The first kappa shape index (κ1) is 95.1. The first-order valence-corrected chi connectivity index (χ1v) is 43.3. The number of hydrogen-bond acceptors (Lipinski definition) is 15. The van der Waals surface area contributed by atoms with Crippen LogP contribution in [0.3, 0.4) is 0 Å². The highest BCUT2D eigenvalue weighted by Gasteiger charge is 2.30. The molecule has 0 bridgehead atoms. The summed E-state index contributed by atoms with van der Waals surface area (Å²) in [6.45, 7) is 11.9. The zero-order chi connectivity index (χ0) is 71.6. The van der Waals surface area contributed by atoms with Gasteiger partial charge in [-0.15, -0.1) is 0 Å². The summed E-state index contributed by atoms with van der Waals surface area (Å²) in [6.07, 6.45) is 55.5. The molecule has 0 saturated carbocycles. The number of unbranched alkanes of at least 4 members (excludes halogenated alkanes) is 44. The molecule has 576 valence electrons. The van der Waals surface area contributed by atoms with Crippen LogP contribution in [-0.2, 0) is 65.4 Å². The third-order valence-electron chi connectivity index (χ3n) is 18.1. The van der Waals surface area contributed by atoms with Crippen molar-refractivity contribution < 1.29 is 80.2 Å². The first-order chi connectivity index (χ1) is 46.7. The van der Waals surface area contributed by atoms with Gasteiger partial charge >= 0.3 is 39.5 Å². The Hall–Kier alpha value is -1.94. The standard InChI is InChI=1S/C78H152O17P2/c1-8-9-10-11-12-38-45-52-59-75(80)88-65-73(94-78(83)62-55-48-41-34-28-22-25-31-37-44-51-58-71(6)7)67-92-96(84,85)90-63-72(79)64-91-97(86,87)93-68-74(66-89-76(81)60-53-46-39-32-26-21-17-19-24-30-36-43-50-57-70(4)5)95-77(82)61-54-47-40-33-27-20-16-14-13-15-18-23-29-35-42-49-56-69(2)3/h69-74,79H,8-68H2,1-7H3,(H,84,85)(H,86,87)/t72-,73+,74+/m0/s1. The Labute approximate surface area is 594 Å². The number of phosphoric acid groups is 2. The second-order valence-corrected chi connectivity index (χ2v) is 32.4. The molecule has 17 nitrogen and oxygen atoms in total. The smallest absolute Gasteiger partial charge is 0.462 e. The van der Waals surface area contributed by atoms with Gasteiger partial charge in [-0.2, -0.15) is 0 Å². The lowest BCUT2D eigenvalue weighted by Crippen LogP contribution is -2.30. The molecule has 0 spiro atoms. The lowest BCUT2D eigenvalue weighted by Gasteiger charge is -2.21. The Morgan fingerprint density at radius 3 is 0.701 bits per heavy atom. The van der Waals surface area contributed by atoms with Gasteiger partial charge in [0.25, 0.3) is 0 Å². The third-order valence-corrected chi connectivity index (χ3v) is 20.0. The fourth-order valence-electron chi connectivity index (χ4n) is 12.0. The van der Waals surface area contributed by atoms with E-state index in [0.29, 0.717) is 25.7 Å². The minimum absolute atomic E-state index is 0.106. The molecule has 0 aliphatic rings. The van der Waals surface area contributed by atoms with E-state index in [1.807, 2.05) is 0 Å². The minimum Gasteiger partial charge on any atom is -0.462 e. The van der Waals surface area contributed by atoms with Gasteiger partial charge in [-0.05, 0) is 43.4 Å². The van der Waals surface area contributed by atoms with Crippen molar-refractivity contribution >= 4 is 39.5 Å². The topological polar surface area (TPSA) is 237 Å². The number of carbonyl (C=O) groups excluding carboxylic acids is 4. The van der Waals surface area contributed by atoms with Gasteiger partial charge in [0.15, 0.2) is 12.2 Å². The molecule has 0 rings (SSSR count). The van der Waals surface area contributed by atoms with Crippen LogP contribution in [0.15, 0.2) is 0 Å². The van der Waals surface area contributed by atoms with E-state index in [2.05, 4.69) is 48.5 Å². The van der Waals surface area contributed by atoms with E-state index in [1.165, 1.54) is 205 Å². The second kappa shape index (κ2) is 68.5. The van der Waals surface area contributed by atoms with Crippen LogP contribution in [0.1, 0.15) is 402 Å². The Kier molecular flexibility index (Phi) is 67.1. The highest BCUT2D eigenvalue weighted by molar-refractivity contribution is 7.47. The van der Waals surface area contributed by atoms with Gasteiger partial charge in [-0.1, -0.05) is 350 Å². The molecule has 0 heterocycles. The first-order valence-electron chi connectivity index (χ1n) is 40.3. The molecule has 0 aromatic carbocycles. The molecule has 0 aliphatic heterocycles. The Balaban J connectivity index is 5.21. The minimum atomic E-state index is -4.96. The van der Waals surface area contributed by atoms with E-state index < -0.39 is 97.5 Å². The van der Waals surface area contributed by atoms with Gasteiger partial charge in [0, 0.05) is 25.7 Å². The molecule has 0 saturated heterocycles. The highest BCUT2D eigenvalue weighted by atomic mass is 31.2. The van der Waals surface area contributed by atoms with Crippen LogP contribution in [0.25, 0.3) is 0 Å². The maximum atomic E-state index is 13.1. The van der Waals surface area contributed by atoms with E-state index in [4.69, 9.17) is 37.0 Å². The number of aliphatic hydroxyl groups is 1. The molecule has 2 unspecified atom stereocenters. The summed E-state index contributed by atoms with van der Waals surface area (Å²) in [4.78, 5) is 72.8. The molecular formula is C78H152O17P2. The summed E-state index contributed by atoms with van der Waals surface area (Å²) >= 11 is 0. The van der Waals surface area contributed by atoms with Crippen LogP contribution in [0.4, 0.5) is 0 Å². The summed E-state index contributed by atoms with van der Waals surface area (Å²) < 4.78 is 68.5. The van der Waals surface area contributed by atoms with Gasteiger partial charge in [0.05, 0.1) is 26.4 Å². The van der Waals surface area contributed by atoms with E-state index in [1.54, 1.807) is 0 Å². The SMILES string of the molecule is CCCCCCCCCCC(=O)OC[C@H](COP(=O)(O)OC[C@H](O)COP(=O)(O)OC[C@@H](COC(=O)CCCCCCCCCCCCCCCC(C)C)OC(=O)CCCCCCCCCCCCCCCCCCC(C)C)OC(=O)CCCCCCCCCCCCCC(C)C. The van der Waals surface area contributed by atoms with E-state index in [9.17, 15) is 43.2 Å². The molecule has 0 aliphatic carbocycles. The fraction of sp³-hybridized carbons (Fsp3) is 0.949. The molecule has 5 atom stereocenters. The number of aliphatic hydroxyl groups excluding tert-OH is 1. The summed E-state index contributed by atoms with van der Waals surface area (Å²) in [6, 6.07) is 0. The van der Waals surface area contributed by atoms with Crippen LogP contribution < -0.4 is 0 Å². The van der Waals surface area contributed by atoms with Crippen molar-refractivity contribution in [2.24, 2.45) is 17.8 Å². The van der Waals surface area contributed by atoms with Crippen LogP contribution >= 0.6 is 15.6 Å². The van der Waals surface area contributed by atoms with E-state index in [0.717, 1.165) is 114 Å². The summed E-state index contributed by atoms with van der Waals surface area (Å²) in [7, 11) is -9.91. The van der Waals surface area contributed by atoms with Crippen molar-refractivity contribution in [3.63, 3.8) is 0 Å². The average molecular weight is 1420 g/mol. The van der Waals surface area contributed by atoms with Crippen molar-refractivity contribution in [1.82, 2.24) is 0 Å². The molecule has 0 aromatic rings. The van der Waals surface area contributed by atoms with Crippen molar-refractivity contribution in [2.75, 3.05) is 39.6 Å². The Morgan fingerprint density at radius 2 is 0.474 bits per heavy atom. The number of phosphoric ester groups is 2. The molecule has 0 aromatic heterocycles. The zero-order valence-corrected chi connectivity index (χ0v) is 65.3. The number of rotatable bonds is 76. The number of esters is 4. The number of hydrogen-bond donors (Lipinski definition) is 3. The van der Waals surface area contributed by atoms with Gasteiger partial charge < -0.3 is 33.8 Å². The second-order valence-electron chi connectivity index (χ2n) is 29.5. The maximum absolute atomic E-state index is 13.1. The van der Waals surface area contributed by atoms with Crippen molar-refractivity contribution in [2.45, 2.75) is 420 Å². The van der Waals surface area contributed by atoms with Gasteiger partial charge in [0.1, 0.15) is 19.3 Å². The highest BCUT2D eigenvalue weighted by Crippen LogP contribution is 2.45. The van der Waals surface area contributed by atoms with Crippen LogP contribution in [0.2, 0.25) is 0 Å². The molecule has 97 heavy (non-hydrogen) atoms. The normalized spacial score (nSPS) is 14.0. The van der Waals surface area contributed by atoms with Crippen molar-refractivity contribution in [3.8, 4) is 0 Å². The average Bonchev–Trinajstić information content (AvgIpc) is 1.17. The molecule has 3 N–H and O–H groups in total. The van der Waals surface area contributed by atoms with E-state index >= 15 is 0 Å². The predicted octanol–water partition coefficient (Wildman–Crippen LogP) is 23.0. The van der Waals surface area contributed by atoms with Crippen molar-refractivity contribution in [3.05, 3.63) is 0 Å². The summed E-state index contributed by atoms with van der Waals surface area (Å²) in [5.74, 6) is 0.249. The summed E-state index contributed by atoms with van der Waals surface area (Å²) in [5.41, 5.74) is 0. The van der Waals surface area contributed by atoms with Gasteiger partial charge in [-0.3, -0.25) is 37.3 Å². The fourth-order valence-corrected chi connectivity index (χ4v) is 13.5. The molecular weight excluding hydrogens is 1270 g/mol. The molecule has 0 amide bonds. The largest absolute Gasteiger partial charge is 0.472 e. The predicted molar refractivity (Wildman–Crippen MR) is 395 cm³/mol. The van der Waals surface area contributed by atoms with Crippen LogP contribution in [0, 0.1) is 17.8 Å². The lowest BCUT2D eigenvalue weighted by atomic mass is 10.0. The van der Waals surface area contributed by atoms with Gasteiger partial charge in [0.2, 0.25) is 0 Å². The molecule has 19 heteroatoms. The van der Waals surface area contributed by atoms with Crippen molar-refractivity contribution in [1.29, 1.82) is 0 Å². The lowest BCUT2D eigenvalue weighted by molar-refractivity contribution is -0.161. The zero-order valence-electron chi connectivity index (χ0n) is 63.5. The van der Waals surface area contributed by atoms with Crippen LogP contribution in [0.5, 0.6) is 0 Å². The monoisotopic (exact) mass is 1420 g/mol. The Bertz CT molecular complexity index is 1890. The Morgan fingerprint density at radius 1 is 0.278 bits per heavy atom.